The predicted molar refractivity (Wildman–Crippen MR) is 139 cm³/mol. The Labute approximate surface area is 234 Å². The van der Waals surface area contributed by atoms with E-state index in [1.807, 2.05) is 0 Å². The molecule has 40 heavy (non-hydrogen) atoms. The van der Waals surface area contributed by atoms with Gasteiger partial charge < -0.3 is 10.0 Å². The number of hydrogen-bond donors (Lipinski definition) is 1. The molecule has 2 heterocycles. The first-order chi connectivity index (χ1) is 18.6. The third-order valence-electron chi connectivity index (χ3n) is 9.59. The largest absolute Gasteiger partial charge is 0.481 e. The van der Waals surface area contributed by atoms with Gasteiger partial charge in [0.15, 0.2) is 5.69 Å². The Balaban J connectivity index is 1.46. The maximum Gasteiger partial charge on any atom is 0.433 e. The zero-order valence-corrected chi connectivity index (χ0v) is 23.3. The van der Waals surface area contributed by atoms with Crippen molar-refractivity contribution in [2.75, 3.05) is 6.54 Å². The zero-order valence-electron chi connectivity index (χ0n) is 22.5. The lowest BCUT2D eigenvalue weighted by atomic mass is 9.74. The number of carboxylic acid groups (broad SMARTS) is 1. The molecule has 1 amide bonds. The van der Waals surface area contributed by atoms with Crippen molar-refractivity contribution in [2.45, 2.75) is 77.6 Å². The number of carbonyl (C=O) groups is 3. The minimum Gasteiger partial charge on any atom is -0.481 e. The smallest absolute Gasteiger partial charge is 0.433 e. The van der Waals surface area contributed by atoms with Crippen LogP contribution in [0.3, 0.4) is 0 Å². The monoisotopic (exact) mass is 580 g/mol. The molecule has 1 N–H and O–H groups in total. The summed E-state index contributed by atoms with van der Waals surface area (Å²) in [6.07, 6.45) is -0.624. The van der Waals surface area contributed by atoms with Gasteiger partial charge in [-0.3, -0.25) is 24.0 Å². The minimum atomic E-state index is -4.89. The summed E-state index contributed by atoms with van der Waals surface area (Å²) in [6, 6.07) is 1.94. The first kappa shape index (κ1) is 28.6. The summed E-state index contributed by atoms with van der Waals surface area (Å²) in [6.45, 7) is 5.40. The maximum atomic E-state index is 14.5. The summed E-state index contributed by atoms with van der Waals surface area (Å²) in [7, 11) is 0. The second-order valence-electron chi connectivity index (χ2n) is 12.3. The summed E-state index contributed by atoms with van der Waals surface area (Å²) in [5, 5.41) is 13.6. The molecule has 0 aliphatic heterocycles. The summed E-state index contributed by atoms with van der Waals surface area (Å²) in [5.74, 6) is -1.78. The topological polar surface area (TPSA) is 105 Å². The minimum absolute atomic E-state index is 0.0409. The van der Waals surface area contributed by atoms with Gasteiger partial charge in [0.2, 0.25) is 5.78 Å². The Hall–Kier alpha value is -2.95. The molecule has 8 nitrogen and oxygen atoms in total. The van der Waals surface area contributed by atoms with E-state index < -0.39 is 59.1 Å². The Bertz CT molecular complexity index is 1340. The van der Waals surface area contributed by atoms with Crippen LogP contribution in [-0.4, -0.2) is 55.0 Å². The molecular formula is C28H32ClF3N4O4. The zero-order chi connectivity index (χ0) is 29.2. The molecule has 2 atom stereocenters. The van der Waals surface area contributed by atoms with Gasteiger partial charge >= 0.3 is 12.1 Å². The van der Waals surface area contributed by atoms with E-state index in [9.17, 15) is 32.7 Å². The third kappa shape index (κ3) is 4.90. The lowest BCUT2D eigenvalue weighted by molar-refractivity contribution is -0.152. The number of alkyl halides is 3. The van der Waals surface area contributed by atoms with Gasteiger partial charge in [-0.25, -0.2) is 0 Å². The molecule has 3 aliphatic carbocycles. The molecule has 0 saturated heterocycles. The average Bonchev–Trinajstić information content (AvgIpc) is 3.31. The van der Waals surface area contributed by atoms with E-state index >= 15 is 0 Å². The lowest BCUT2D eigenvalue weighted by Gasteiger charge is -2.35. The van der Waals surface area contributed by atoms with Crippen molar-refractivity contribution >= 4 is 29.3 Å². The maximum absolute atomic E-state index is 14.5. The van der Waals surface area contributed by atoms with Crippen LogP contribution in [0.1, 0.15) is 91.9 Å². The molecule has 0 bridgehead atoms. The number of hydrogen-bond acceptors (Lipinski definition) is 5. The van der Waals surface area contributed by atoms with Crippen LogP contribution in [0, 0.1) is 22.7 Å². The fourth-order valence-corrected chi connectivity index (χ4v) is 7.08. The van der Waals surface area contributed by atoms with Crippen molar-refractivity contribution < 1.29 is 32.7 Å². The Morgan fingerprint density at radius 2 is 1.77 bits per heavy atom. The van der Waals surface area contributed by atoms with Crippen molar-refractivity contribution in [1.82, 2.24) is 19.7 Å². The van der Waals surface area contributed by atoms with Crippen molar-refractivity contribution in [3.05, 3.63) is 46.5 Å². The van der Waals surface area contributed by atoms with Crippen LogP contribution < -0.4 is 0 Å². The van der Waals surface area contributed by atoms with Gasteiger partial charge in [0.05, 0.1) is 34.8 Å². The van der Waals surface area contributed by atoms with Crippen LogP contribution in [0.5, 0.6) is 0 Å². The highest BCUT2D eigenvalue weighted by atomic mass is 35.5. The van der Waals surface area contributed by atoms with E-state index in [-0.39, 0.29) is 41.8 Å². The van der Waals surface area contributed by atoms with Gasteiger partial charge in [-0.1, -0.05) is 25.4 Å². The van der Waals surface area contributed by atoms with E-state index in [1.54, 1.807) is 13.0 Å². The summed E-state index contributed by atoms with van der Waals surface area (Å²) in [5.41, 5.74) is -2.73. The standard InChI is InChI=1S/C28H32ClF3N4O4/c1-26(2)18-11-16(12-19(18)26)35(14-21(37)22-20(29)5-4-10-33-22)24(38)17-13-34-36(23(17)28(30,31)32)15-6-8-27(3,9-7-15)25(39)40/h4-5,10,13,15-16,18-19H,6-9,11-12,14H2,1-3H3,(H,39,40). The SMILES string of the molecule is CC1(C(=O)O)CCC(n2ncc(C(=O)N(CC(=O)c3ncccc3Cl)C3CC4C(C3)C4(C)C)c2C(F)(F)F)CC1. The van der Waals surface area contributed by atoms with E-state index in [2.05, 4.69) is 23.9 Å². The summed E-state index contributed by atoms with van der Waals surface area (Å²) >= 11 is 6.15. The predicted octanol–water partition coefficient (Wildman–Crippen LogP) is 5.92. The summed E-state index contributed by atoms with van der Waals surface area (Å²) in [4.78, 5) is 44.0. The lowest BCUT2D eigenvalue weighted by Crippen LogP contribution is -2.44. The molecular weight excluding hydrogens is 549 g/mol. The van der Waals surface area contributed by atoms with Crippen LogP contribution in [0.4, 0.5) is 13.2 Å². The molecule has 2 aromatic heterocycles. The second kappa shape index (κ2) is 9.85. The van der Waals surface area contributed by atoms with E-state index in [0.29, 0.717) is 24.7 Å². The summed E-state index contributed by atoms with van der Waals surface area (Å²) < 4.78 is 44.4. The fraction of sp³-hybridized carbons (Fsp3) is 0.607. The molecule has 5 rings (SSSR count). The molecule has 12 heteroatoms. The van der Waals surface area contributed by atoms with Crippen LogP contribution in [0.2, 0.25) is 5.02 Å². The first-order valence-corrected chi connectivity index (χ1v) is 13.9. The molecule has 0 spiro atoms. The highest BCUT2D eigenvalue weighted by molar-refractivity contribution is 6.33. The highest BCUT2D eigenvalue weighted by Gasteiger charge is 2.63. The molecule has 2 unspecified atom stereocenters. The number of aliphatic carboxylic acids is 1. The number of rotatable bonds is 7. The number of pyridine rings is 1. The van der Waals surface area contributed by atoms with Crippen LogP contribution in [0.15, 0.2) is 24.5 Å². The van der Waals surface area contributed by atoms with E-state index in [4.69, 9.17) is 11.6 Å². The number of nitrogens with zero attached hydrogens (tertiary/aromatic N) is 4. The Morgan fingerprint density at radius 1 is 1.15 bits per heavy atom. The fourth-order valence-electron chi connectivity index (χ4n) is 6.85. The number of ketones is 1. The van der Waals surface area contributed by atoms with E-state index in [0.717, 1.165) is 10.9 Å². The number of carbonyl (C=O) groups excluding carboxylic acids is 2. The first-order valence-electron chi connectivity index (χ1n) is 13.5. The van der Waals surface area contributed by atoms with Crippen molar-refractivity contribution in [3.63, 3.8) is 0 Å². The number of aromatic nitrogens is 3. The quantitative estimate of drug-likeness (QED) is 0.408. The molecule has 2 aromatic rings. The van der Waals surface area contributed by atoms with Crippen LogP contribution in [-0.2, 0) is 11.0 Å². The van der Waals surface area contributed by atoms with Crippen molar-refractivity contribution in [2.24, 2.45) is 22.7 Å². The second-order valence-corrected chi connectivity index (χ2v) is 12.7. The van der Waals surface area contributed by atoms with Crippen LogP contribution in [0.25, 0.3) is 0 Å². The van der Waals surface area contributed by atoms with Gasteiger partial charge in [-0.15, -0.1) is 0 Å². The number of Topliss-reactive ketones (excluding diaryl/α,β-unsaturated/α-hetero) is 1. The third-order valence-corrected chi connectivity index (χ3v) is 9.90. The van der Waals surface area contributed by atoms with Gasteiger partial charge in [0.25, 0.3) is 5.91 Å². The number of halogens is 4. The van der Waals surface area contributed by atoms with Gasteiger partial charge in [0, 0.05) is 12.2 Å². The Morgan fingerprint density at radius 3 is 2.33 bits per heavy atom. The molecule has 3 aliphatic rings. The normalized spacial score (nSPS) is 29.1. The van der Waals surface area contributed by atoms with Crippen molar-refractivity contribution in [1.29, 1.82) is 0 Å². The number of carboxylic acids is 1. The van der Waals surface area contributed by atoms with Crippen LogP contribution >= 0.6 is 11.6 Å². The van der Waals surface area contributed by atoms with Crippen molar-refractivity contribution in [3.8, 4) is 0 Å². The number of amides is 1. The van der Waals surface area contributed by atoms with Gasteiger partial charge in [-0.05, 0) is 74.8 Å². The number of fused-ring (bicyclic) bond motifs is 1. The molecule has 3 fully saturated rings. The Kier molecular flexibility index (Phi) is 7.04. The molecule has 216 valence electrons. The van der Waals surface area contributed by atoms with Gasteiger partial charge in [-0.2, -0.15) is 18.3 Å². The highest BCUT2D eigenvalue weighted by Crippen LogP contribution is 2.67. The molecule has 0 aromatic carbocycles. The average molecular weight is 581 g/mol. The molecule has 0 radical (unpaired) electrons. The van der Waals surface area contributed by atoms with E-state index in [1.165, 1.54) is 17.2 Å². The molecule has 3 saturated carbocycles. The van der Waals surface area contributed by atoms with Gasteiger partial charge in [0.1, 0.15) is 5.69 Å².